The molecule has 0 bridgehead atoms. The molecule has 0 saturated carbocycles. The lowest BCUT2D eigenvalue weighted by Crippen LogP contribution is -2.20. The molecular weight excluding hydrogens is 1140 g/mol. The van der Waals surface area contributed by atoms with Gasteiger partial charge in [-0.05, 0) is 84.4 Å². The van der Waals surface area contributed by atoms with Crippen LogP contribution in [0.25, 0.3) is 0 Å². The van der Waals surface area contributed by atoms with Gasteiger partial charge in [-0.2, -0.15) is 20.2 Å². The quantitative estimate of drug-likeness (QED) is 0.0297. The van der Waals surface area contributed by atoms with E-state index >= 15 is 0 Å². The zero-order valence-corrected chi connectivity index (χ0v) is 45.1. The predicted molar refractivity (Wildman–Crippen MR) is 274 cm³/mol. The normalized spacial score (nSPS) is 13.7. The predicted octanol–water partition coefficient (Wildman–Crippen LogP) is 16.5. The number of nitrogen functional groups attached to an aromatic ring is 2. The van der Waals surface area contributed by atoms with Crippen LogP contribution in [0.15, 0.2) is 83.1 Å². The maximum atomic E-state index is 13.4. The van der Waals surface area contributed by atoms with Crippen molar-refractivity contribution in [3.05, 3.63) is 106 Å². The summed E-state index contributed by atoms with van der Waals surface area (Å²) in [5.74, 6) is 0.366. The van der Waals surface area contributed by atoms with E-state index in [4.69, 9.17) is 34.7 Å². The Labute approximate surface area is 419 Å². The first-order valence-corrected chi connectivity index (χ1v) is 30.7. The minimum atomic E-state index is -9.84. The van der Waals surface area contributed by atoms with Gasteiger partial charge in [0.1, 0.15) is 27.1 Å². The number of rotatable bonds is 15. The summed E-state index contributed by atoms with van der Waals surface area (Å²) in [7, 11) is -20.8. The Morgan fingerprint density at radius 3 is 1.54 bits per heavy atom. The van der Waals surface area contributed by atoms with Crippen LogP contribution in [0.2, 0.25) is 35.7 Å². The van der Waals surface area contributed by atoms with Gasteiger partial charge in [-0.25, -0.2) is 9.97 Å². The third-order valence-corrected chi connectivity index (χ3v) is 14.1. The first-order chi connectivity index (χ1) is 31.5. The Balaban J connectivity index is 0.000000342. The molecule has 12 nitrogen and oxygen atoms in total. The van der Waals surface area contributed by atoms with Crippen LogP contribution in [0.4, 0.5) is 73.8 Å². The molecule has 4 aromatic heterocycles. The number of H-pyrrole nitrogens is 1. The number of nitrogens with two attached hydrogens (primary N) is 2. The number of alkyl halides is 1. The van der Waals surface area contributed by atoms with E-state index in [9.17, 15) is 38.9 Å². The number of anilines is 6. The van der Waals surface area contributed by atoms with Gasteiger partial charge in [0, 0.05) is 44.6 Å². The van der Waals surface area contributed by atoms with Crippen molar-refractivity contribution in [3.8, 4) is 0 Å². The molecule has 0 unspecified atom stereocenters. The molecule has 4 heterocycles. The van der Waals surface area contributed by atoms with Crippen LogP contribution in [0.5, 0.6) is 0 Å². The average molecular weight is 1200 g/mol. The number of hydrogen-bond donors (Lipinski definition) is 3. The first-order valence-electron chi connectivity index (χ1n) is 20.9. The fourth-order valence-corrected chi connectivity index (χ4v) is 9.37. The number of aryl methyl sites for hydroxylation is 3. The van der Waals surface area contributed by atoms with E-state index in [0.717, 1.165) is 25.0 Å². The van der Waals surface area contributed by atoms with Crippen LogP contribution in [0.1, 0.15) is 56.1 Å². The number of unbranched alkanes of at least 4 members (excludes halogenated alkanes) is 1. The highest BCUT2D eigenvalue weighted by atomic mass is 127. The van der Waals surface area contributed by atoms with E-state index in [0.29, 0.717) is 47.2 Å². The molecule has 386 valence electrons. The summed E-state index contributed by atoms with van der Waals surface area (Å²) < 4.78 is 135. The van der Waals surface area contributed by atoms with Gasteiger partial charge >= 0.3 is 20.4 Å². The maximum absolute atomic E-state index is 13.4. The Hall–Kier alpha value is -4.25. The molecular formula is C41H55Cl2F10IN12S2Si. The fraction of sp³-hybridized carbons (Fsp3) is 0.366. The maximum Gasteiger partial charge on any atom is 0.310 e. The van der Waals surface area contributed by atoms with Crippen molar-refractivity contribution >= 4 is 109 Å². The molecule has 0 aliphatic rings. The number of hydrogen-bond acceptors (Lipinski definition) is 10. The van der Waals surface area contributed by atoms with Crippen LogP contribution >= 0.6 is 66.2 Å². The van der Waals surface area contributed by atoms with Gasteiger partial charge in [-0.15, -0.1) is 0 Å². The van der Waals surface area contributed by atoms with Crippen LogP contribution in [-0.4, -0.2) is 52.4 Å². The molecule has 0 amide bonds. The van der Waals surface area contributed by atoms with E-state index in [1.165, 1.54) is 64.8 Å². The number of nitrogens with zero attached hydrogens (tertiary/aromatic N) is 9. The molecule has 0 saturated heterocycles. The molecule has 0 spiro atoms. The minimum absolute atomic E-state index is 0.0197. The molecule has 69 heavy (non-hydrogen) atoms. The zero-order valence-electron chi connectivity index (χ0n) is 38.8. The van der Waals surface area contributed by atoms with E-state index in [1.807, 2.05) is 13.8 Å². The number of nitrogens with one attached hydrogen (secondary N) is 1. The Kier molecular flexibility index (Phi) is 18.2. The number of aromatic nitrogens is 8. The van der Waals surface area contributed by atoms with Crippen LogP contribution in [-0.2, 0) is 19.6 Å². The van der Waals surface area contributed by atoms with Gasteiger partial charge in [0.2, 0.25) is 11.9 Å². The van der Waals surface area contributed by atoms with Crippen LogP contribution in [0, 0.1) is 13.8 Å². The minimum Gasteiger partial charge on any atom is -0.368 e. The van der Waals surface area contributed by atoms with Crippen molar-refractivity contribution in [2.45, 2.75) is 103 Å². The highest BCUT2D eigenvalue weighted by molar-refractivity contribution is 14.1. The van der Waals surface area contributed by atoms with Gasteiger partial charge in [0.05, 0.1) is 35.0 Å². The van der Waals surface area contributed by atoms with Crippen molar-refractivity contribution < 1.29 is 38.9 Å². The van der Waals surface area contributed by atoms with Gasteiger partial charge in [-0.3, -0.25) is 9.78 Å². The summed E-state index contributed by atoms with van der Waals surface area (Å²) in [4.78, 5) is 14.9. The molecule has 2 aromatic carbocycles. The van der Waals surface area contributed by atoms with Crippen molar-refractivity contribution in [2.24, 2.45) is 0 Å². The second-order valence-corrected chi connectivity index (χ2v) is 29.0. The summed E-state index contributed by atoms with van der Waals surface area (Å²) in [5.41, 5.74) is 12.6. The molecule has 0 aliphatic carbocycles. The summed E-state index contributed by atoms with van der Waals surface area (Å²) in [5, 5.41) is 11.7. The lowest BCUT2D eigenvalue weighted by molar-refractivity contribution is 0.360. The highest BCUT2D eigenvalue weighted by Gasteiger charge is 2.66. The summed E-state index contributed by atoms with van der Waals surface area (Å²) in [6, 6.07) is 7.68. The van der Waals surface area contributed by atoms with Gasteiger partial charge in [-0.1, -0.05) is 138 Å². The largest absolute Gasteiger partial charge is 0.368 e. The molecule has 28 heteroatoms. The molecule has 0 atom stereocenters. The number of benzene rings is 2. The topological polar surface area (TPSA) is 157 Å². The molecule has 0 radical (unpaired) electrons. The second kappa shape index (κ2) is 21.2. The van der Waals surface area contributed by atoms with E-state index in [2.05, 4.69) is 84.4 Å². The summed E-state index contributed by atoms with van der Waals surface area (Å²) >= 11 is 14.8. The standard InChI is InChI=1S/C22H30ClF5N6SSi.C15H14ClF5N6S.C2H5I.C2H6/c1-16-13-17(35(24,25,26,27)28)7-8-20(16)34(21-9-10-30-22(29)31-21)15-19-18(23)14-33(32-19)11-5-6-12-36(2,3)4;1-9-6-10(28(17,18,19,20)21)2-3-13(9)27(8-12-11(16)7-24-26-12)14-4-5-23-15(22)25-14;1-2-3;1-2/h7-10,13-14H,5-6,11-12,15H2,1-4H3,(H2,29,30,31);2-7H,8H2,1H3,(H,24,26)(H2,22,23,25);2H2,1H3;1-2H3. The van der Waals surface area contributed by atoms with E-state index in [-0.39, 0.29) is 64.1 Å². The highest BCUT2D eigenvalue weighted by Crippen LogP contribution is 3.02. The van der Waals surface area contributed by atoms with Crippen molar-refractivity contribution in [1.29, 1.82) is 0 Å². The van der Waals surface area contributed by atoms with Crippen molar-refractivity contribution in [3.63, 3.8) is 0 Å². The lowest BCUT2D eigenvalue weighted by atomic mass is 10.1. The van der Waals surface area contributed by atoms with Crippen LogP contribution in [0.3, 0.4) is 0 Å². The number of aromatic amines is 1. The Morgan fingerprint density at radius 1 is 0.710 bits per heavy atom. The van der Waals surface area contributed by atoms with Gasteiger partial charge < -0.3 is 21.3 Å². The Bertz CT molecular complexity index is 2680. The monoisotopic (exact) mass is 1190 g/mol. The smallest absolute Gasteiger partial charge is 0.310 e. The molecule has 6 aromatic rings. The van der Waals surface area contributed by atoms with E-state index < -0.39 is 38.3 Å². The average Bonchev–Trinajstić information content (AvgIpc) is 3.79. The zero-order chi connectivity index (χ0) is 52.5. The van der Waals surface area contributed by atoms with Gasteiger partial charge in [0.15, 0.2) is 0 Å². The summed E-state index contributed by atoms with van der Waals surface area (Å²) in [6.45, 7) is 16.4. The molecule has 6 rings (SSSR count). The second-order valence-electron chi connectivity index (χ2n) is 16.2. The fourth-order valence-electron chi connectivity index (χ4n) is 6.25. The van der Waals surface area contributed by atoms with Crippen molar-refractivity contribution in [1.82, 2.24) is 39.9 Å². The Morgan fingerprint density at radius 2 is 1.16 bits per heavy atom. The van der Waals surface area contributed by atoms with Crippen molar-refractivity contribution in [2.75, 3.05) is 25.7 Å². The van der Waals surface area contributed by atoms with Gasteiger partial charge in [0.25, 0.3) is 0 Å². The molecule has 5 N–H and O–H groups in total. The molecule has 0 fully saturated rings. The summed E-state index contributed by atoms with van der Waals surface area (Å²) in [6.07, 6.45) is 7.81. The third kappa shape index (κ3) is 18.1. The third-order valence-electron chi connectivity index (χ3n) is 9.32. The first kappa shape index (κ1) is 59.1. The van der Waals surface area contributed by atoms with Crippen LogP contribution < -0.4 is 21.3 Å². The number of halogens is 13. The SMILES string of the molecule is CC.CCI.Cc1cc(S(F)(F)(F)(F)F)ccc1N(Cc1[nH]ncc1Cl)c1ccnc(N)n1.Cc1cc(S(F)(F)(F)(F)F)ccc1N(Cc1nn(CCCC[Si](C)(C)C)cc1Cl)c1ccnc(N)n1. The molecule has 0 aliphatic heterocycles. The van der Waals surface area contributed by atoms with E-state index in [1.54, 1.807) is 10.9 Å². The lowest BCUT2D eigenvalue weighted by Gasteiger charge is -2.41.